The van der Waals surface area contributed by atoms with Crippen molar-refractivity contribution in [1.29, 1.82) is 0 Å². The van der Waals surface area contributed by atoms with Crippen molar-refractivity contribution < 1.29 is 19.1 Å². The molecule has 3 amide bonds. The zero-order valence-corrected chi connectivity index (χ0v) is 20.7. The van der Waals surface area contributed by atoms with Gasteiger partial charge in [-0.3, -0.25) is 14.4 Å². The van der Waals surface area contributed by atoms with Crippen LogP contribution in [-0.2, 0) is 25.5 Å². The predicted molar refractivity (Wildman–Crippen MR) is 132 cm³/mol. The number of hydrogen-bond acceptors (Lipinski definition) is 5. The van der Waals surface area contributed by atoms with Gasteiger partial charge in [-0.15, -0.1) is 18.8 Å². The molecular weight excluding hydrogens is 456 g/mol. The highest BCUT2D eigenvalue weighted by Gasteiger charge is 2.39. The van der Waals surface area contributed by atoms with E-state index in [-0.39, 0.29) is 49.4 Å². The molecule has 3 rings (SSSR count). The predicted octanol–water partition coefficient (Wildman–Crippen LogP) is 1.34. The molecule has 2 aliphatic rings. The number of nitrogens with zero attached hydrogens (tertiary/aromatic N) is 1. The van der Waals surface area contributed by atoms with Gasteiger partial charge in [0.1, 0.15) is 18.7 Å². The lowest BCUT2D eigenvalue weighted by atomic mass is 9.87. The average molecular weight is 491 g/mol. The summed E-state index contributed by atoms with van der Waals surface area (Å²) in [5.41, 5.74) is 2.42. The number of terminal acetylenes is 1. The normalized spacial score (nSPS) is 20.8. The van der Waals surface area contributed by atoms with Crippen molar-refractivity contribution in [2.75, 3.05) is 26.8 Å². The number of nitrogens with one attached hydrogen (secondary N) is 3. The number of hydrogen-bond donors (Lipinski definition) is 3. The third-order valence-electron chi connectivity index (χ3n) is 6.44. The Morgan fingerprint density at radius 2 is 2.00 bits per heavy atom. The maximum atomic E-state index is 13.4. The standard InChI is InChI=1S/C25H34N4O4.ClH/c1-4-15-33-16-21(28-23(30)17(2)26-3)25(32)29-14-8-13-22(29)24(31)27-20-12-7-10-18-9-5-6-11-19(18)20;/h1,5-6,9,11,17,20-22,26H,7-8,10,12-16H2,2-3H3,(H,27,31)(H,28,30);1H/t17-,20+,21-,22-;/m0./s1. The fourth-order valence-corrected chi connectivity index (χ4v) is 4.51. The highest BCUT2D eigenvalue weighted by Crippen LogP contribution is 2.30. The van der Waals surface area contributed by atoms with E-state index in [1.807, 2.05) is 12.1 Å². The zero-order valence-electron chi connectivity index (χ0n) is 19.8. The first-order chi connectivity index (χ1) is 16.0. The Balaban J connectivity index is 0.00000408. The number of benzene rings is 1. The highest BCUT2D eigenvalue weighted by molar-refractivity contribution is 5.93. The molecule has 1 aliphatic carbocycles. The van der Waals surface area contributed by atoms with Crippen molar-refractivity contribution >= 4 is 30.1 Å². The van der Waals surface area contributed by atoms with Gasteiger partial charge in [0, 0.05) is 6.54 Å². The topological polar surface area (TPSA) is 99.8 Å². The van der Waals surface area contributed by atoms with Crippen LogP contribution in [0.2, 0.25) is 0 Å². The summed E-state index contributed by atoms with van der Waals surface area (Å²) in [5.74, 6) is 1.56. The van der Waals surface area contributed by atoms with Gasteiger partial charge in [0.2, 0.25) is 17.7 Å². The van der Waals surface area contributed by atoms with Gasteiger partial charge < -0.3 is 25.6 Å². The van der Waals surface area contributed by atoms with Crippen LogP contribution in [0.5, 0.6) is 0 Å². The molecule has 1 heterocycles. The van der Waals surface area contributed by atoms with Gasteiger partial charge in [-0.05, 0) is 57.2 Å². The van der Waals surface area contributed by atoms with Crippen LogP contribution in [0, 0.1) is 12.3 Å². The van der Waals surface area contributed by atoms with Crippen LogP contribution in [0.25, 0.3) is 0 Å². The van der Waals surface area contributed by atoms with Gasteiger partial charge in [0.15, 0.2) is 0 Å². The molecule has 0 radical (unpaired) electrons. The molecule has 9 heteroatoms. The number of rotatable bonds is 9. The maximum absolute atomic E-state index is 13.4. The summed E-state index contributed by atoms with van der Waals surface area (Å²) in [5, 5.41) is 8.76. The second-order valence-corrected chi connectivity index (χ2v) is 8.63. The monoisotopic (exact) mass is 490 g/mol. The lowest BCUT2D eigenvalue weighted by Gasteiger charge is -2.31. The fraction of sp³-hybridized carbons (Fsp3) is 0.560. The first-order valence-electron chi connectivity index (χ1n) is 11.6. The van der Waals surface area contributed by atoms with Gasteiger partial charge >= 0.3 is 0 Å². The minimum Gasteiger partial charge on any atom is -0.366 e. The molecule has 1 fully saturated rings. The van der Waals surface area contributed by atoms with Crippen LogP contribution in [-0.4, -0.2) is 67.6 Å². The van der Waals surface area contributed by atoms with E-state index < -0.39 is 18.1 Å². The molecule has 186 valence electrons. The Bertz CT molecular complexity index is 903. The van der Waals surface area contributed by atoms with E-state index in [1.165, 1.54) is 5.56 Å². The summed E-state index contributed by atoms with van der Waals surface area (Å²) >= 11 is 0. The molecule has 1 aromatic rings. The molecule has 3 N–H and O–H groups in total. The molecule has 34 heavy (non-hydrogen) atoms. The number of halogens is 1. The van der Waals surface area contributed by atoms with Gasteiger partial charge in [-0.25, -0.2) is 0 Å². The summed E-state index contributed by atoms with van der Waals surface area (Å²) in [6.45, 7) is 2.15. The molecule has 0 saturated carbocycles. The highest BCUT2D eigenvalue weighted by atomic mass is 35.5. The molecule has 4 atom stereocenters. The van der Waals surface area contributed by atoms with E-state index in [9.17, 15) is 14.4 Å². The number of likely N-dealkylation sites (tertiary alicyclic amines) is 1. The minimum absolute atomic E-state index is 0. The fourth-order valence-electron chi connectivity index (χ4n) is 4.51. The van der Waals surface area contributed by atoms with Gasteiger partial charge in [0.05, 0.1) is 18.7 Å². The number of carbonyl (C=O) groups excluding carboxylic acids is 3. The average Bonchev–Trinajstić information content (AvgIpc) is 3.33. The third kappa shape index (κ3) is 6.72. The van der Waals surface area contributed by atoms with Gasteiger partial charge in [-0.1, -0.05) is 30.2 Å². The lowest BCUT2D eigenvalue weighted by Crippen LogP contribution is -2.57. The van der Waals surface area contributed by atoms with E-state index >= 15 is 0 Å². The number of fused-ring (bicyclic) bond motifs is 1. The van der Waals surface area contributed by atoms with Crippen molar-refractivity contribution in [3.8, 4) is 12.3 Å². The maximum Gasteiger partial charge on any atom is 0.248 e. The third-order valence-corrected chi connectivity index (χ3v) is 6.44. The van der Waals surface area contributed by atoms with Crippen LogP contribution < -0.4 is 16.0 Å². The molecule has 0 unspecified atom stereocenters. The smallest absolute Gasteiger partial charge is 0.248 e. The molecule has 1 aliphatic heterocycles. The van der Waals surface area contributed by atoms with Crippen LogP contribution >= 0.6 is 12.4 Å². The van der Waals surface area contributed by atoms with Gasteiger partial charge in [0.25, 0.3) is 0 Å². The van der Waals surface area contributed by atoms with Gasteiger partial charge in [-0.2, -0.15) is 0 Å². The lowest BCUT2D eigenvalue weighted by molar-refractivity contribution is -0.143. The second-order valence-electron chi connectivity index (χ2n) is 8.63. The Labute approximate surface area is 208 Å². The Morgan fingerprint density at radius 3 is 2.74 bits per heavy atom. The van der Waals surface area contributed by atoms with E-state index in [4.69, 9.17) is 11.2 Å². The zero-order chi connectivity index (χ0) is 23.8. The quantitative estimate of drug-likeness (QED) is 0.358. The molecule has 0 aromatic heterocycles. The Kier molecular flexibility index (Phi) is 10.8. The van der Waals surface area contributed by atoms with E-state index in [0.717, 1.165) is 31.2 Å². The van der Waals surface area contributed by atoms with Crippen molar-refractivity contribution in [3.63, 3.8) is 0 Å². The van der Waals surface area contributed by atoms with E-state index in [0.29, 0.717) is 13.0 Å². The minimum atomic E-state index is -0.912. The van der Waals surface area contributed by atoms with Crippen molar-refractivity contribution in [3.05, 3.63) is 35.4 Å². The molecule has 8 nitrogen and oxygen atoms in total. The molecule has 0 bridgehead atoms. The van der Waals surface area contributed by atoms with Crippen molar-refractivity contribution in [2.24, 2.45) is 0 Å². The van der Waals surface area contributed by atoms with E-state index in [2.05, 4.69) is 34.0 Å². The second kappa shape index (κ2) is 13.3. The summed E-state index contributed by atoms with van der Waals surface area (Å²) in [4.78, 5) is 40.6. The number of carbonyl (C=O) groups is 3. The number of likely N-dealkylation sites (N-methyl/N-ethyl adjacent to an activating group) is 1. The summed E-state index contributed by atoms with van der Waals surface area (Å²) in [7, 11) is 1.67. The summed E-state index contributed by atoms with van der Waals surface area (Å²) < 4.78 is 5.38. The van der Waals surface area contributed by atoms with Crippen LogP contribution in [0.4, 0.5) is 0 Å². The van der Waals surface area contributed by atoms with Crippen molar-refractivity contribution in [1.82, 2.24) is 20.9 Å². The number of aryl methyl sites for hydroxylation is 1. The summed E-state index contributed by atoms with van der Waals surface area (Å²) in [6.07, 6.45) is 9.47. The molecule has 1 aromatic carbocycles. The SMILES string of the molecule is C#CCOC[C@H](NC(=O)[C@H](C)NC)C(=O)N1CCC[C@H]1C(=O)N[C@@H]1CCCc2ccccc21.Cl. The van der Waals surface area contributed by atoms with Crippen LogP contribution in [0.15, 0.2) is 24.3 Å². The first-order valence-corrected chi connectivity index (χ1v) is 11.6. The van der Waals surface area contributed by atoms with Crippen LogP contribution in [0.1, 0.15) is 49.8 Å². The molecule has 1 saturated heterocycles. The van der Waals surface area contributed by atoms with E-state index in [1.54, 1.807) is 18.9 Å². The Hall–Kier alpha value is -2.60. The Morgan fingerprint density at radius 1 is 1.24 bits per heavy atom. The largest absolute Gasteiger partial charge is 0.366 e. The molecule has 0 spiro atoms. The number of ether oxygens (including phenoxy) is 1. The van der Waals surface area contributed by atoms with Crippen LogP contribution in [0.3, 0.4) is 0 Å². The van der Waals surface area contributed by atoms with Crippen molar-refractivity contribution in [2.45, 2.75) is 63.2 Å². The number of amides is 3. The summed E-state index contributed by atoms with van der Waals surface area (Å²) in [6, 6.07) is 6.17. The first kappa shape index (κ1) is 27.6. The molecular formula is C25H35ClN4O4.